The summed E-state index contributed by atoms with van der Waals surface area (Å²) in [4.78, 5) is 26.7. The van der Waals surface area contributed by atoms with Crippen LogP contribution in [-0.2, 0) is 21.7 Å². The fraction of sp³-hybridized carbons (Fsp3) is 0.353. The number of carbonyl (C=O) groups is 2. The third-order valence-corrected chi connectivity index (χ3v) is 11.7. The number of benzene rings is 3. The summed E-state index contributed by atoms with van der Waals surface area (Å²) in [6.07, 6.45) is 1.64. The van der Waals surface area contributed by atoms with Crippen LogP contribution in [0.3, 0.4) is 0 Å². The fourth-order valence-corrected chi connectivity index (χ4v) is 9.60. The number of anilines is 2. The van der Waals surface area contributed by atoms with Gasteiger partial charge >= 0.3 is 0 Å². The predicted octanol–water partition coefficient (Wildman–Crippen LogP) is 5.48. The molecular weight excluding hydrogens is 605 g/mol. The minimum Gasteiger partial charge on any atom is -0.497 e. The number of rotatable bonds is 10. The van der Waals surface area contributed by atoms with E-state index in [1.807, 2.05) is 37.3 Å². The summed E-state index contributed by atoms with van der Waals surface area (Å²) >= 11 is 0. The first-order chi connectivity index (χ1) is 22.0. The number of aliphatic hydroxyl groups is 1. The lowest BCUT2D eigenvalue weighted by molar-refractivity contribution is -0.143. The van der Waals surface area contributed by atoms with Crippen LogP contribution in [0, 0.1) is 5.92 Å². The molecule has 240 valence electrons. The van der Waals surface area contributed by atoms with E-state index in [9.17, 15) is 14.7 Å². The number of amides is 2. The first kappa shape index (κ1) is 31.6. The fourth-order valence-electron chi connectivity index (χ4n) is 7.06. The highest BCUT2D eigenvalue weighted by molar-refractivity contribution is 6.72. The summed E-state index contributed by atoms with van der Waals surface area (Å²) in [6, 6.07) is 21.6. The molecule has 0 saturated carbocycles. The Morgan fingerprint density at radius 1 is 1.17 bits per heavy atom. The zero-order chi connectivity index (χ0) is 32.6. The van der Waals surface area contributed by atoms with Gasteiger partial charge in [-0.25, -0.2) is 0 Å². The van der Waals surface area contributed by atoms with E-state index in [4.69, 9.17) is 9.47 Å². The van der Waals surface area contributed by atoms with E-state index in [1.54, 1.807) is 73.5 Å². The van der Waals surface area contributed by atoms with E-state index in [2.05, 4.69) is 20.9 Å². The first-order valence-corrected chi connectivity index (χ1v) is 18.3. The van der Waals surface area contributed by atoms with Gasteiger partial charge in [0.1, 0.15) is 5.75 Å². The van der Waals surface area contributed by atoms with Crippen molar-refractivity contribution in [3.63, 3.8) is 0 Å². The Morgan fingerprint density at radius 2 is 1.91 bits per heavy atom. The average molecular weight is 644 g/mol. The van der Waals surface area contributed by atoms with Crippen LogP contribution < -0.4 is 15.4 Å². The van der Waals surface area contributed by atoms with Crippen LogP contribution in [0.5, 0.6) is 5.75 Å². The standard InChI is InChI=1S/C34H38FN5O5Si/c1-21-31(46(3,4)35)30(16-17-40-19-29(38-39-40)26(20-41)22-8-6-5-7-9-22)45-34(21)27-18-24(12-15-28(27)37-33(34)43)36-32(42)23-10-13-25(44-2)14-11-23/h5-15,18-19,21,26,30-31,41H,16-17,20H2,1-4H3,(H,36,42)(H,37,43)/t21-,26?,30+,31-,34+/m1/s1. The number of aromatic nitrogens is 3. The van der Waals surface area contributed by atoms with Crippen LogP contribution in [-0.4, -0.2) is 60.1 Å². The van der Waals surface area contributed by atoms with Crippen LogP contribution in [0.2, 0.25) is 18.6 Å². The van der Waals surface area contributed by atoms with Crippen molar-refractivity contribution >= 4 is 31.6 Å². The van der Waals surface area contributed by atoms with E-state index in [-0.39, 0.29) is 24.3 Å². The molecule has 3 N–H and O–H groups in total. The van der Waals surface area contributed by atoms with Crippen molar-refractivity contribution in [2.24, 2.45) is 5.92 Å². The molecule has 2 aliphatic rings. The molecule has 4 aromatic rings. The van der Waals surface area contributed by atoms with E-state index < -0.39 is 31.6 Å². The molecule has 1 fully saturated rings. The van der Waals surface area contributed by atoms with Gasteiger partial charge in [-0.15, -0.1) is 5.10 Å². The molecule has 3 heterocycles. The van der Waals surface area contributed by atoms with Crippen molar-refractivity contribution in [3.8, 4) is 5.75 Å². The number of ether oxygens (including phenoxy) is 2. The van der Waals surface area contributed by atoms with Crippen LogP contribution in [0.4, 0.5) is 15.5 Å². The molecule has 0 bridgehead atoms. The van der Waals surface area contributed by atoms with E-state index in [1.165, 1.54) is 0 Å². The molecule has 0 aliphatic carbocycles. The summed E-state index contributed by atoms with van der Waals surface area (Å²) in [6.45, 7) is 5.47. The van der Waals surface area contributed by atoms with Crippen molar-refractivity contribution in [1.82, 2.24) is 15.0 Å². The van der Waals surface area contributed by atoms with Crippen LogP contribution in [0.25, 0.3) is 0 Å². The Hall–Kier alpha value is -4.39. The van der Waals surface area contributed by atoms with Crippen LogP contribution >= 0.6 is 0 Å². The Bertz CT molecular complexity index is 1730. The Labute approximate surface area is 268 Å². The van der Waals surface area contributed by atoms with Crippen LogP contribution in [0.15, 0.2) is 79.0 Å². The molecule has 2 aliphatic heterocycles. The molecule has 1 spiro atoms. The molecule has 1 aromatic heterocycles. The second-order valence-electron chi connectivity index (χ2n) is 12.5. The molecule has 5 atom stereocenters. The number of aliphatic hydroxyl groups excluding tert-OH is 1. The van der Waals surface area contributed by atoms with Gasteiger partial charge in [0.05, 0.1) is 31.4 Å². The second kappa shape index (κ2) is 12.4. The number of hydrogen-bond donors (Lipinski definition) is 3. The van der Waals surface area contributed by atoms with Gasteiger partial charge in [0.25, 0.3) is 11.8 Å². The second-order valence-corrected chi connectivity index (χ2v) is 16.3. The van der Waals surface area contributed by atoms with Gasteiger partial charge in [0.2, 0.25) is 8.41 Å². The summed E-state index contributed by atoms with van der Waals surface area (Å²) in [7, 11) is -1.79. The number of aryl methyl sites for hydroxylation is 1. The van der Waals surface area contributed by atoms with Gasteiger partial charge in [0.15, 0.2) is 5.60 Å². The lowest BCUT2D eigenvalue weighted by Crippen LogP contribution is -2.42. The van der Waals surface area contributed by atoms with Crippen LogP contribution in [0.1, 0.15) is 46.4 Å². The Morgan fingerprint density at radius 3 is 2.59 bits per heavy atom. The average Bonchev–Trinajstić information content (AvgIpc) is 3.71. The van der Waals surface area contributed by atoms with Crippen molar-refractivity contribution in [2.75, 3.05) is 24.4 Å². The number of nitrogens with one attached hydrogen (secondary N) is 2. The highest BCUT2D eigenvalue weighted by Crippen LogP contribution is 2.59. The van der Waals surface area contributed by atoms with Gasteiger partial charge in [-0.3, -0.25) is 14.3 Å². The van der Waals surface area contributed by atoms with Crippen molar-refractivity contribution in [1.29, 1.82) is 0 Å². The topological polar surface area (TPSA) is 128 Å². The molecule has 2 amide bonds. The maximum absolute atomic E-state index is 16.1. The molecular formula is C34H38FN5O5Si. The number of halogens is 1. The maximum atomic E-state index is 16.1. The highest BCUT2D eigenvalue weighted by Gasteiger charge is 2.65. The van der Waals surface area contributed by atoms with Gasteiger partial charge in [-0.2, -0.15) is 0 Å². The molecule has 6 rings (SSSR count). The summed E-state index contributed by atoms with van der Waals surface area (Å²) in [5.41, 5.74) is 1.78. The summed E-state index contributed by atoms with van der Waals surface area (Å²) < 4.78 is 29.6. The molecule has 12 heteroatoms. The Balaban J connectivity index is 1.24. The normalized spacial score (nSPS) is 22.8. The van der Waals surface area contributed by atoms with Crippen molar-refractivity contribution < 1.29 is 28.3 Å². The zero-order valence-electron chi connectivity index (χ0n) is 26.2. The summed E-state index contributed by atoms with van der Waals surface area (Å²) in [5.74, 6) is -0.798. The molecule has 3 aromatic carbocycles. The van der Waals surface area contributed by atoms with Gasteiger partial charge in [0, 0.05) is 46.7 Å². The first-order valence-electron chi connectivity index (χ1n) is 15.4. The molecule has 46 heavy (non-hydrogen) atoms. The van der Waals surface area contributed by atoms with E-state index in [0.717, 1.165) is 5.56 Å². The molecule has 1 unspecified atom stereocenters. The minimum atomic E-state index is -3.35. The van der Waals surface area contributed by atoms with Gasteiger partial charge in [-0.1, -0.05) is 42.5 Å². The molecule has 0 radical (unpaired) electrons. The van der Waals surface area contributed by atoms with E-state index in [0.29, 0.717) is 46.9 Å². The lowest BCUT2D eigenvalue weighted by atomic mass is 9.82. The number of fused-ring (bicyclic) bond motifs is 2. The SMILES string of the molecule is COc1ccc(C(=O)Nc2ccc3c(c2)[C@]2(O[C@@H](CCn4cc(C(CO)c5ccccc5)nn4)[C@H]([Si](C)(C)F)[C@H]2C)C(=O)N3)cc1. The maximum Gasteiger partial charge on any atom is 0.261 e. The third kappa shape index (κ3) is 5.72. The monoisotopic (exact) mass is 643 g/mol. The third-order valence-electron chi connectivity index (χ3n) is 9.27. The Kier molecular flexibility index (Phi) is 8.53. The lowest BCUT2D eigenvalue weighted by Gasteiger charge is -2.30. The summed E-state index contributed by atoms with van der Waals surface area (Å²) in [5, 5.41) is 24.5. The van der Waals surface area contributed by atoms with Crippen molar-refractivity contribution in [3.05, 3.63) is 101 Å². The van der Waals surface area contributed by atoms with Gasteiger partial charge < -0.3 is 29.3 Å². The van der Waals surface area contributed by atoms with E-state index >= 15 is 4.11 Å². The van der Waals surface area contributed by atoms with Crippen molar-refractivity contribution in [2.45, 2.75) is 56.1 Å². The minimum absolute atomic E-state index is 0.116. The number of nitrogens with zero attached hydrogens (tertiary/aromatic N) is 3. The van der Waals surface area contributed by atoms with Gasteiger partial charge in [-0.05, 0) is 67.5 Å². The largest absolute Gasteiger partial charge is 0.497 e. The predicted molar refractivity (Wildman–Crippen MR) is 174 cm³/mol. The number of hydrogen-bond acceptors (Lipinski definition) is 7. The highest BCUT2D eigenvalue weighted by atomic mass is 28.4. The number of methoxy groups -OCH3 is 1. The molecule has 10 nitrogen and oxygen atoms in total. The number of carbonyl (C=O) groups excluding carboxylic acids is 2. The zero-order valence-corrected chi connectivity index (χ0v) is 27.2. The smallest absolute Gasteiger partial charge is 0.261 e. The quantitative estimate of drug-likeness (QED) is 0.154. The molecule has 1 saturated heterocycles.